The topological polar surface area (TPSA) is 75.6 Å². The number of hydrogen-bond donors (Lipinski definition) is 2. The molecule has 2 N–H and O–H groups in total. The minimum atomic E-state index is -0.127. The average Bonchev–Trinajstić information content (AvgIpc) is 3.03. The number of nitrogens with one attached hydrogen (secondary N) is 2. The number of hydrogen-bond acceptors (Lipinski definition) is 4. The number of morpholine rings is 1. The highest BCUT2D eigenvalue weighted by molar-refractivity contribution is 5.94. The first-order chi connectivity index (χ1) is 12.6. The zero-order valence-electron chi connectivity index (χ0n) is 15.2. The van der Waals surface area contributed by atoms with E-state index in [-0.39, 0.29) is 18.2 Å². The normalized spacial score (nSPS) is 15.1. The zero-order chi connectivity index (χ0) is 18.4. The number of rotatable bonds is 7. The summed E-state index contributed by atoms with van der Waals surface area (Å²) in [5.74, 6) is -0.234. The Kier molecular flexibility index (Phi) is 6.25. The number of amides is 2. The summed E-state index contributed by atoms with van der Waals surface area (Å²) in [4.78, 5) is 25.2. The summed E-state index contributed by atoms with van der Waals surface area (Å²) in [6, 6.07) is 8.01. The third kappa shape index (κ3) is 5.06. The van der Waals surface area contributed by atoms with Crippen molar-refractivity contribution in [3.63, 3.8) is 0 Å². The van der Waals surface area contributed by atoms with Crippen LogP contribution >= 0.6 is 0 Å². The van der Waals surface area contributed by atoms with Crippen LogP contribution in [0, 0.1) is 0 Å². The van der Waals surface area contributed by atoms with Crippen LogP contribution in [0.1, 0.15) is 13.3 Å². The average molecular weight is 358 g/mol. The smallest absolute Gasteiger partial charge is 0.226 e. The van der Waals surface area contributed by atoms with E-state index in [0.29, 0.717) is 6.54 Å². The maximum Gasteiger partial charge on any atom is 0.226 e. The predicted molar refractivity (Wildman–Crippen MR) is 101 cm³/mol. The first-order valence-corrected chi connectivity index (χ1v) is 9.05. The summed E-state index contributed by atoms with van der Waals surface area (Å²) in [5.41, 5.74) is 1.94. The van der Waals surface area contributed by atoms with Crippen molar-refractivity contribution in [1.29, 1.82) is 0 Å². The van der Waals surface area contributed by atoms with Gasteiger partial charge in [-0.2, -0.15) is 0 Å². The Morgan fingerprint density at radius 2 is 1.96 bits per heavy atom. The highest BCUT2D eigenvalue weighted by Crippen LogP contribution is 2.21. The maximum atomic E-state index is 11.9. The Labute approximate surface area is 153 Å². The largest absolute Gasteiger partial charge is 0.379 e. The van der Waals surface area contributed by atoms with E-state index in [2.05, 4.69) is 32.4 Å². The van der Waals surface area contributed by atoms with Gasteiger partial charge in [0, 0.05) is 68.9 Å². The number of ether oxygens (including phenoxy) is 1. The van der Waals surface area contributed by atoms with Gasteiger partial charge >= 0.3 is 0 Å². The fraction of sp³-hybridized carbons (Fsp3) is 0.474. The molecule has 0 saturated carbocycles. The van der Waals surface area contributed by atoms with Gasteiger partial charge in [0.2, 0.25) is 11.8 Å². The Hall–Kier alpha value is -2.38. The number of carbonyl (C=O) groups excluding carboxylic acids is 2. The first kappa shape index (κ1) is 18.4. The standard InChI is InChI=1S/C19H26N4O3/c1-15(24)20-6-4-19(25)21-17-2-3-18-16(14-17)5-7-23(18)9-8-22-10-12-26-13-11-22/h2-3,5,7,14H,4,6,8-13H2,1H3,(H,20,24)(H,21,25). The molecule has 0 spiro atoms. The second-order valence-electron chi connectivity index (χ2n) is 6.52. The fourth-order valence-corrected chi connectivity index (χ4v) is 3.12. The summed E-state index contributed by atoms with van der Waals surface area (Å²) in [6.07, 6.45) is 2.35. The molecule has 1 saturated heterocycles. The molecule has 0 aliphatic carbocycles. The van der Waals surface area contributed by atoms with Crippen LogP contribution in [0.5, 0.6) is 0 Å². The van der Waals surface area contributed by atoms with E-state index in [1.807, 2.05) is 18.2 Å². The van der Waals surface area contributed by atoms with Crippen molar-refractivity contribution in [2.24, 2.45) is 0 Å². The van der Waals surface area contributed by atoms with Crippen molar-refractivity contribution < 1.29 is 14.3 Å². The molecule has 2 aromatic rings. The molecule has 2 amide bonds. The van der Waals surface area contributed by atoms with Crippen molar-refractivity contribution in [2.45, 2.75) is 19.9 Å². The lowest BCUT2D eigenvalue weighted by molar-refractivity contribution is -0.119. The van der Waals surface area contributed by atoms with Crippen LogP contribution in [-0.2, 0) is 20.9 Å². The van der Waals surface area contributed by atoms with Gasteiger partial charge in [-0.05, 0) is 24.3 Å². The molecular formula is C19H26N4O3. The lowest BCUT2D eigenvalue weighted by Crippen LogP contribution is -2.38. The number of benzene rings is 1. The van der Waals surface area contributed by atoms with Crippen LogP contribution in [0.15, 0.2) is 30.5 Å². The molecule has 1 aliphatic heterocycles. The molecule has 7 nitrogen and oxygen atoms in total. The van der Waals surface area contributed by atoms with Gasteiger partial charge in [0.25, 0.3) is 0 Å². The minimum absolute atomic E-state index is 0.107. The monoisotopic (exact) mass is 358 g/mol. The van der Waals surface area contributed by atoms with Crippen molar-refractivity contribution in [1.82, 2.24) is 14.8 Å². The molecule has 0 radical (unpaired) electrons. The maximum absolute atomic E-state index is 11.9. The Morgan fingerprint density at radius 1 is 1.15 bits per heavy atom. The van der Waals surface area contributed by atoms with Crippen LogP contribution < -0.4 is 10.6 Å². The summed E-state index contributed by atoms with van der Waals surface area (Å²) in [5, 5.41) is 6.60. The molecule has 0 unspecified atom stereocenters. The Balaban J connectivity index is 1.56. The quantitative estimate of drug-likeness (QED) is 0.785. The van der Waals surface area contributed by atoms with E-state index in [0.717, 1.165) is 56.0 Å². The van der Waals surface area contributed by atoms with Crippen molar-refractivity contribution >= 4 is 28.4 Å². The fourth-order valence-electron chi connectivity index (χ4n) is 3.12. The van der Waals surface area contributed by atoms with E-state index in [4.69, 9.17) is 4.74 Å². The van der Waals surface area contributed by atoms with E-state index in [1.54, 1.807) is 0 Å². The van der Waals surface area contributed by atoms with Crippen LogP contribution in [0.2, 0.25) is 0 Å². The molecule has 1 fully saturated rings. The molecule has 3 rings (SSSR count). The summed E-state index contributed by atoms with van der Waals surface area (Å²) in [6.45, 7) is 7.36. The molecular weight excluding hydrogens is 332 g/mol. The van der Waals surface area contributed by atoms with Crippen LogP contribution in [0.3, 0.4) is 0 Å². The number of anilines is 1. The number of nitrogens with zero attached hydrogens (tertiary/aromatic N) is 2. The van der Waals surface area contributed by atoms with Gasteiger partial charge < -0.3 is 19.9 Å². The van der Waals surface area contributed by atoms with Crippen LogP contribution in [-0.4, -0.2) is 60.7 Å². The Bertz CT molecular complexity index is 765. The highest BCUT2D eigenvalue weighted by atomic mass is 16.5. The number of carbonyl (C=O) groups is 2. The van der Waals surface area contributed by atoms with Gasteiger partial charge in [0.05, 0.1) is 13.2 Å². The summed E-state index contributed by atoms with van der Waals surface area (Å²) < 4.78 is 7.63. The molecule has 7 heteroatoms. The third-order valence-electron chi connectivity index (χ3n) is 4.54. The third-order valence-corrected chi connectivity index (χ3v) is 4.54. The molecule has 0 bridgehead atoms. The minimum Gasteiger partial charge on any atom is -0.379 e. The van der Waals surface area contributed by atoms with Gasteiger partial charge in [-0.15, -0.1) is 0 Å². The van der Waals surface area contributed by atoms with Gasteiger partial charge in [-0.3, -0.25) is 14.5 Å². The molecule has 2 heterocycles. The molecule has 1 aliphatic rings. The van der Waals surface area contributed by atoms with Crippen molar-refractivity contribution in [3.8, 4) is 0 Å². The predicted octanol–water partition coefficient (Wildman–Crippen LogP) is 1.44. The number of fused-ring (bicyclic) bond motifs is 1. The molecule has 0 atom stereocenters. The zero-order valence-corrected chi connectivity index (χ0v) is 15.2. The number of aromatic nitrogens is 1. The molecule has 1 aromatic carbocycles. The summed E-state index contributed by atoms with van der Waals surface area (Å²) >= 11 is 0. The van der Waals surface area contributed by atoms with Gasteiger partial charge in [0.15, 0.2) is 0 Å². The first-order valence-electron chi connectivity index (χ1n) is 9.05. The lowest BCUT2D eigenvalue weighted by atomic mass is 10.2. The second-order valence-corrected chi connectivity index (χ2v) is 6.52. The lowest BCUT2D eigenvalue weighted by Gasteiger charge is -2.26. The molecule has 140 valence electrons. The Morgan fingerprint density at radius 3 is 2.73 bits per heavy atom. The van der Waals surface area contributed by atoms with Gasteiger partial charge in [-0.25, -0.2) is 0 Å². The van der Waals surface area contributed by atoms with E-state index in [9.17, 15) is 9.59 Å². The van der Waals surface area contributed by atoms with Crippen LogP contribution in [0.25, 0.3) is 10.9 Å². The van der Waals surface area contributed by atoms with Gasteiger partial charge in [0.1, 0.15) is 0 Å². The highest BCUT2D eigenvalue weighted by Gasteiger charge is 2.11. The molecule has 26 heavy (non-hydrogen) atoms. The second kappa shape index (κ2) is 8.82. The SMILES string of the molecule is CC(=O)NCCC(=O)Nc1ccc2c(ccn2CCN2CCOCC2)c1. The van der Waals surface area contributed by atoms with Gasteiger partial charge in [-0.1, -0.05) is 0 Å². The van der Waals surface area contributed by atoms with Crippen molar-refractivity contribution in [3.05, 3.63) is 30.5 Å². The van der Waals surface area contributed by atoms with Crippen LogP contribution in [0.4, 0.5) is 5.69 Å². The molecule has 1 aromatic heterocycles. The van der Waals surface area contributed by atoms with E-state index in [1.165, 1.54) is 6.92 Å². The van der Waals surface area contributed by atoms with Crippen molar-refractivity contribution in [2.75, 3.05) is 44.7 Å². The summed E-state index contributed by atoms with van der Waals surface area (Å²) in [7, 11) is 0. The van der Waals surface area contributed by atoms with E-state index >= 15 is 0 Å². The van der Waals surface area contributed by atoms with E-state index < -0.39 is 0 Å².